The number of hydrazone groups is 1. The predicted octanol–water partition coefficient (Wildman–Crippen LogP) is -2.77. The molecule has 0 spiro atoms. The van der Waals surface area contributed by atoms with Gasteiger partial charge in [-0.1, -0.05) is 0 Å². The van der Waals surface area contributed by atoms with E-state index in [1.54, 1.807) is 0 Å². The number of hydrogen-bond donors (Lipinski definition) is 6. The summed E-state index contributed by atoms with van der Waals surface area (Å²) < 4.78 is 0. The maximum absolute atomic E-state index is 11.6. The standard InChI is InChI=1S/C12H17N3O6/c16-6-9(18)11(20)10(19)8(17)5-14-15-12(21)7-1-3-13-4-2-7/h1-5,8-11,16-20H,6H2,(H,15,21)/b14-5-/t8-,9-,10-,11+/m1/s1. The minimum atomic E-state index is -1.77. The molecular weight excluding hydrogens is 282 g/mol. The zero-order chi connectivity index (χ0) is 15.8. The Labute approximate surface area is 120 Å². The van der Waals surface area contributed by atoms with E-state index >= 15 is 0 Å². The number of rotatable bonds is 7. The number of aliphatic hydroxyl groups is 5. The summed E-state index contributed by atoms with van der Waals surface area (Å²) in [5.41, 5.74) is 2.40. The summed E-state index contributed by atoms with van der Waals surface area (Å²) in [6.45, 7) is -0.777. The van der Waals surface area contributed by atoms with E-state index in [4.69, 9.17) is 10.2 Å². The Morgan fingerprint density at radius 3 is 2.43 bits per heavy atom. The molecule has 9 heteroatoms. The number of amides is 1. The summed E-state index contributed by atoms with van der Waals surface area (Å²) in [6, 6.07) is 2.91. The molecule has 0 aliphatic rings. The average Bonchev–Trinajstić information content (AvgIpc) is 2.53. The largest absolute Gasteiger partial charge is 0.394 e. The highest BCUT2D eigenvalue weighted by Crippen LogP contribution is 2.03. The highest BCUT2D eigenvalue weighted by Gasteiger charge is 2.29. The molecule has 1 aromatic rings. The molecule has 0 unspecified atom stereocenters. The normalized spacial score (nSPS) is 17.2. The Morgan fingerprint density at radius 1 is 1.24 bits per heavy atom. The van der Waals surface area contributed by atoms with Crippen molar-refractivity contribution in [3.8, 4) is 0 Å². The highest BCUT2D eigenvalue weighted by molar-refractivity contribution is 5.94. The number of aromatic nitrogens is 1. The minimum Gasteiger partial charge on any atom is -0.394 e. The predicted molar refractivity (Wildman–Crippen MR) is 71.3 cm³/mol. The van der Waals surface area contributed by atoms with Crippen LogP contribution in [0.5, 0.6) is 0 Å². The van der Waals surface area contributed by atoms with Gasteiger partial charge in [0.1, 0.15) is 24.4 Å². The number of nitrogens with zero attached hydrogens (tertiary/aromatic N) is 2. The van der Waals surface area contributed by atoms with Crippen LogP contribution < -0.4 is 5.43 Å². The van der Waals surface area contributed by atoms with Gasteiger partial charge in [-0.05, 0) is 12.1 Å². The van der Waals surface area contributed by atoms with Crippen LogP contribution in [0.25, 0.3) is 0 Å². The van der Waals surface area contributed by atoms with Gasteiger partial charge in [0.25, 0.3) is 5.91 Å². The number of nitrogens with one attached hydrogen (secondary N) is 1. The van der Waals surface area contributed by atoms with Crippen molar-refractivity contribution in [3.05, 3.63) is 30.1 Å². The summed E-state index contributed by atoms with van der Waals surface area (Å²) in [7, 11) is 0. The summed E-state index contributed by atoms with van der Waals surface area (Å²) in [4.78, 5) is 15.3. The van der Waals surface area contributed by atoms with Crippen LogP contribution in [0.15, 0.2) is 29.6 Å². The van der Waals surface area contributed by atoms with Crippen molar-refractivity contribution in [2.24, 2.45) is 5.10 Å². The van der Waals surface area contributed by atoms with Gasteiger partial charge in [0.2, 0.25) is 0 Å². The molecule has 0 saturated heterocycles. The molecule has 4 atom stereocenters. The molecular formula is C12H17N3O6. The Bertz CT molecular complexity index is 469. The number of aliphatic hydroxyl groups excluding tert-OH is 5. The number of carbonyl (C=O) groups excluding carboxylic acids is 1. The van der Waals surface area contributed by atoms with Crippen LogP contribution in [-0.4, -0.2) is 73.7 Å². The van der Waals surface area contributed by atoms with Gasteiger partial charge in [0.15, 0.2) is 0 Å². The van der Waals surface area contributed by atoms with E-state index in [1.165, 1.54) is 24.5 Å². The van der Waals surface area contributed by atoms with Crippen LogP contribution >= 0.6 is 0 Å². The zero-order valence-electron chi connectivity index (χ0n) is 10.9. The van der Waals surface area contributed by atoms with Gasteiger partial charge < -0.3 is 25.5 Å². The molecule has 0 fully saturated rings. The lowest BCUT2D eigenvalue weighted by molar-refractivity contribution is -0.0999. The third-order valence-electron chi connectivity index (χ3n) is 2.62. The first-order valence-corrected chi connectivity index (χ1v) is 6.04. The molecule has 0 saturated carbocycles. The molecule has 0 bridgehead atoms. The monoisotopic (exact) mass is 299 g/mol. The summed E-state index contributed by atoms with van der Waals surface area (Å²) in [5, 5.41) is 49.5. The second kappa shape index (κ2) is 8.39. The topological polar surface area (TPSA) is 156 Å². The molecule has 9 nitrogen and oxygen atoms in total. The van der Waals surface area contributed by atoms with Gasteiger partial charge in [0.05, 0.1) is 12.8 Å². The quantitative estimate of drug-likeness (QED) is 0.235. The molecule has 0 radical (unpaired) electrons. The van der Waals surface area contributed by atoms with Crippen molar-refractivity contribution in [3.63, 3.8) is 0 Å². The van der Waals surface area contributed by atoms with Gasteiger partial charge in [-0.3, -0.25) is 9.78 Å². The smallest absolute Gasteiger partial charge is 0.271 e. The zero-order valence-corrected chi connectivity index (χ0v) is 10.9. The van der Waals surface area contributed by atoms with Crippen LogP contribution in [0.1, 0.15) is 10.4 Å². The fourth-order valence-electron chi connectivity index (χ4n) is 1.37. The molecule has 0 aliphatic carbocycles. The molecule has 0 aliphatic heterocycles. The van der Waals surface area contributed by atoms with Crippen molar-refractivity contribution in [1.29, 1.82) is 0 Å². The Hall–Kier alpha value is -1.91. The van der Waals surface area contributed by atoms with E-state index < -0.39 is 36.9 Å². The summed E-state index contributed by atoms with van der Waals surface area (Å²) in [5.74, 6) is -0.550. The third kappa shape index (κ3) is 5.17. The molecule has 1 amide bonds. The van der Waals surface area contributed by atoms with Crippen LogP contribution in [-0.2, 0) is 0 Å². The Kier molecular flexibility index (Phi) is 6.85. The SMILES string of the molecule is O=C(N/N=C\[C@@H](O)[C@@H](O)[C@@H](O)[C@H](O)CO)c1ccncc1. The van der Waals surface area contributed by atoms with Crippen molar-refractivity contribution >= 4 is 12.1 Å². The first-order chi connectivity index (χ1) is 9.97. The van der Waals surface area contributed by atoms with Crippen molar-refractivity contribution in [2.75, 3.05) is 6.61 Å². The first-order valence-electron chi connectivity index (χ1n) is 6.04. The average molecular weight is 299 g/mol. The molecule has 6 N–H and O–H groups in total. The fraction of sp³-hybridized carbons (Fsp3) is 0.417. The van der Waals surface area contributed by atoms with Crippen molar-refractivity contribution in [2.45, 2.75) is 24.4 Å². The van der Waals surface area contributed by atoms with Crippen LogP contribution in [0, 0.1) is 0 Å². The Morgan fingerprint density at radius 2 is 1.86 bits per heavy atom. The number of hydrogen-bond acceptors (Lipinski definition) is 8. The van der Waals surface area contributed by atoms with E-state index in [-0.39, 0.29) is 0 Å². The molecule has 1 rings (SSSR count). The molecule has 1 heterocycles. The van der Waals surface area contributed by atoms with Crippen LogP contribution in [0.4, 0.5) is 0 Å². The van der Waals surface area contributed by atoms with Gasteiger partial charge in [-0.25, -0.2) is 5.43 Å². The summed E-state index contributed by atoms with van der Waals surface area (Å²) >= 11 is 0. The lowest BCUT2D eigenvalue weighted by Gasteiger charge is -2.23. The second-order valence-electron chi connectivity index (χ2n) is 4.18. The van der Waals surface area contributed by atoms with E-state index in [0.29, 0.717) is 5.56 Å². The molecule has 116 valence electrons. The fourth-order valence-corrected chi connectivity index (χ4v) is 1.37. The maximum atomic E-state index is 11.6. The van der Waals surface area contributed by atoms with Gasteiger partial charge in [0, 0.05) is 18.0 Å². The maximum Gasteiger partial charge on any atom is 0.271 e. The number of carbonyl (C=O) groups is 1. The molecule has 0 aromatic carbocycles. The summed E-state index contributed by atoms with van der Waals surface area (Å²) in [6.07, 6.45) is -3.14. The third-order valence-corrected chi connectivity index (χ3v) is 2.62. The van der Waals surface area contributed by atoms with Crippen LogP contribution in [0.2, 0.25) is 0 Å². The number of pyridine rings is 1. The molecule has 1 aromatic heterocycles. The van der Waals surface area contributed by atoms with E-state index in [1.807, 2.05) is 0 Å². The van der Waals surface area contributed by atoms with Gasteiger partial charge in [-0.15, -0.1) is 0 Å². The Balaban J connectivity index is 2.51. The van der Waals surface area contributed by atoms with E-state index in [0.717, 1.165) is 6.21 Å². The van der Waals surface area contributed by atoms with E-state index in [2.05, 4.69) is 15.5 Å². The van der Waals surface area contributed by atoms with Crippen molar-refractivity contribution in [1.82, 2.24) is 10.4 Å². The highest BCUT2D eigenvalue weighted by atomic mass is 16.4. The molecule has 21 heavy (non-hydrogen) atoms. The van der Waals surface area contributed by atoms with Gasteiger partial charge >= 0.3 is 0 Å². The minimum absolute atomic E-state index is 0.299. The second-order valence-corrected chi connectivity index (χ2v) is 4.18. The van der Waals surface area contributed by atoms with Crippen molar-refractivity contribution < 1.29 is 30.3 Å². The lowest BCUT2D eigenvalue weighted by atomic mass is 10.0. The first kappa shape index (κ1) is 17.1. The van der Waals surface area contributed by atoms with Crippen LogP contribution in [0.3, 0.4) is 0 Å². The van der Waals surface area contributed by atoms with E-state index in [9.17, 15) is 20.1 Å². The van der Waals surface area contributed by atoms with Gasteiger partial charge in [-0.2, -0.15) is 5.10 Å². The lowest BCUT2D eigenvalue weighted by Crippen LogP contribution is -2.46.